The number of carbonyl (C=O) groups is 2. The third-order valence-electron chi connectivity index (χ3n) is 6.20. The topological polar surface area (TPSA) is 52.6 Å². The molecule has 1 N–H and O–H groups in total. The van der Waals surface area contributed by atoms with Gasteiger partial charge in [-0.25, -0.2) is 9.69 Å². The number of aryl methyl sites for hydroxylation is 1. The number of carbonyl (C=O) groups excluding carboxylic acids is 2. The van der Waals surface area contributed by atoms with Crippen LogP contribution in [0.1, 0.15) is 62.1 Å². The number of hydrogen-bond acceptors (Lipinski definition) is 3. The van der Waals surface area contributed by atoms with Gasteiger partial charge in [0.15, 0.2) is 0 Å². The Morgan fingerprint density at radius 1 is 1.16 bits per heavy atom. The molecule has 1 heterocycles. The highest BCUT2D eigenvalue weighted by Crippen LogP contribution is 2.36. The summed E-state index contributed by atoms with van der Waals surface area (Å²) in [6.45, 7) is 0.366. The molecule has 1 atom stereocenters. The van der Waals surface area contributed by atoms with Gasteiger partial charge in [-0.3, -0.25) is 9.69 Å². The van der Waals surface area contributed by atoms with Crippen LogP contribution < -0.4 is 5.32 Å². The van der Waals surface area contributed by atoms with Gasteiger partial charge in [-0.1, -0.05) is 49.9 Å². The van der Waals surface area contributed by atoms with Crippen LogP contribution in [0.5, 0.6) is 0 Å². The van der Waals surface area contributed by atoms with Crippen molar-refractivity contribution in [3.63, 3.8) is 0 Å². The van der Waals surface area contributed by atoms with E-state index in [0.29, 0.717) is 6.67 Å². The van der Waals surface area contributed by atoms with Crippen molar-refractivity contribution in [2.75, 3.05) is 13.7 Å². The number of amides is 3. The predicted octanol–water partition coefficient (Wildman–Crippen LogP) is 3.21. The van der Waals surface area contributed by atoms with Crippen molar-refractivity contribution in [2.45, 2.75) is 62.9 Å². The molecule has 1 saturated carbocycles. The van der Waals surface area contributed by atoms with E-state index in [1.165, 1.54) is 16.0 Å². The Hall–Kier alpha value is -1.88. The van der Waals surface area contributed by atoms with Gasteiger partial charge < -0.3 is 5.32 Å². The second kappa shape index (κ2) is 6.45. The predicted molar refractivity (Wildman–Crippen MR) is 95.9 cm³/mol. The summed E-state index contributed by atoms with van der Waals surface area (Å²) in [5.41, 5.74) is 2.08. The Balaban J connectivity index is 1.49. The number of fused-ring (bicyclic) bond motifs is 1. The molecule has 0 bridgehead atoms. The lowest BCUT2D eigenvalue weighted by molar-refractivity contribution is -0.133. The van der Waals surface area contributed by atoms with Crippen LogP contribution in [0.15, 0.2) is 24.3 Å². The average Bonchev–Trinajstić information content (AvgIpc) is 3.02. The zero-order valence-electron chi connectivity index (χ0n) is 15.0. The minimum absolute atomic E-state index is 0.0162. The Morgan fingerprint density at radius 3 is 2.64 bits per heavy atom. The molecule has 5 nitrogen and oxygen atoms in total. The molecule has 134 valence electrons. The molecule has 3 aliphatic rings. The fourth-order valence-corrected chi connectivity index (χ4v) is 4.79. The van der Waals surface area contributed by atoms with Gasteiger partial charge >= 0.3 is 6.03 Å². The standard InChI is InChI=1S/C20H27N3O2/c1-22(17-11-10-15-8-4-5-9-16(15)17)14-23-18(24)20(21-19(23)25)12-6-2-3-7-13-20/h4-5,8-9,17H,2-3,6-7,10-14H2,1H3,(H,21,25)/t17-/m0/s1. The highest BCUT2D eigenvalue weighted by molar-refractivity contribution is 6.07. The number of nitrogens with one attached hydrogen (secondary N) is 1. The summed E-state index contributed by atoms with van der Waals surface area (Å²) in [6.07, 6.45) is 8.03. The maximum atomic E-state index is 13.1. The van der Waals surface area contributed by atoms with Crippen LogP contribution >= 0.6 is 0 Å². The number of imide groups is 1. The lowest BCUT2D eigenvalue weighted by atomic mass is 9.90. The van der Waals surface area contributed by atoms with Gasteiger partial charge in [0, 0.05) is 6.04 Å². The van der Waals surface area contributed by atoms with E-state index >= 15 is 0 Å². The van der Waals surface area contributed by atoms with E-state index in [1.807, 2.05) is 7.05 Å². The van der Waals surface area contributed by atoms with E-state index in [1.54, 1.807) is 0 Å². The molecular formula is C20H27N3O2. The molecule has 1 saturated heterocycles. The van der Waals surface area contributed by atoms with Crippen molar-refractivity contribution in [1.29, 1.82) is 0 Å². The quantitative estimate of drug-likeness (QED) is 0.859. The van der Waals surface area contributed by atoms with Crippen molar-refractivity contribution >= 4 is 11.9 Å². The van der Waals surface area contributed by atoms with E-state index in [9.17, 15) is 9.59 Å². The zero-order valence-corrected chi connectivity index (χ0v) is 15.0. The summed E-state index contributed by atoms with van der Waals surface area (Å²) in [5, 5.41) is 3.03. The minimum Gasteiger partial charge on any atom is -0.323 e. The van der Waals surface area contributed by atoms with Crippen molar-refractivity contribution in [2.24, 2.45) is 0 Å². The van der Waals surface area contributed by atoms with Gasteiger partial charge in [0.05, 0.1) is 6.67 Å². The Kier molecular flexibility index (Phi) is 4.28. The second-order valence-corrected chi connectivity index (χ2v) is 7.81. The highest BCUT2D eigenvalue weighted by atomic mass is 16.2. The van der Waals surface area contributed by atoms with Crippen LogP contribution in [0.2, 0.25) is 0 Å². The molecule has 1 spiro atoms. The molecule has 0 aromatic heterocycles. The molecule has 1 aromatic rings. The summed E-state index contributed by atoms with van der Waals surface area (Å²) in [5.74, 6) is -0.0162. The molecule has 5 heteroatoms. The normalized spacial score (nSPS) is 25.4. The van der Waals surface area contributed by atoms with Crippen LogP contribution in [0.3, 0.4) is 0 Å². The van der Waals surface area contributed by atoms with E-state index in [-0.39, 0.29) is 18.0 Å². The summed E-state index contributed by atoms with van der Waals surface area (Å²) < 4.78 is 0. The molecule has 0 unspecified atom stereocenters. The summed E-state index contributed by atoms with van der Waals surface area (Å²) >= 11 is 0. The smallest absolute Gasteiger partial charge is 0.323 e. The zero-order chi connectivity index (χ0) is 17.4. The lowest BCUT2D eigenvalue weighted by Crippen LogP contribution is -2.47. The van der Waals surface area contributed by atoms with E-state index in [2.05, 4.69) is 34.5 Å². The lowest BCUT2D eigenvalue weighted by Gasteiger charge is -2.29. The summed E-state index contributed by atoms with van der Waals surface area (Å²) in [6, 6.07) is 8.56. The summed E-state index contributed by atoms with van der Waals surface area (Å²) in [7, 11) is 2.02. The monoisotopic (exact) mass is 341 g/mol. The Bertz CT molecular complexity index is 679. The first-order chi connectivity index (χ1) is 12.1. The first-order valence-corrected chi connectivity index (χ1v) is 9.53. The maximum absolute atomic E-state index is 13.1. The highest BCUT2D eigenvalue weighted by Gasteiger charge is 2.51. The van der Waals surface area contributed by atoms with Crippen LogP contribution in [0.4, 0.5) is 4.79 Å². The Morgan fingerprint density at radius 2 is 1.88 bits per heavy atom. The molecule has 2 fully saturated rings. The first kappa shape index (κ1) is 16.6. The SMILES string of the molecule is CN(CN1C(=O)NC2(CCCCCC2)C1=O)[C@H]1CCc2ccccc21. The largest absolute Gasteiger partial charge is 0.326 e. The fraction of sp³-hybridized carbons (Fsp3) is 0.600. The van der Waals surface area contributed by atoms with Crippen molar-refractivity contribution < 1.29 is 9.59 Å². The number of hydrogen-bond donors (Lipinski definition) is 1. The van der Waals surface area contributed by atoms with Gasteiger partial charge in [0.1, 0.15) is 5.54 Å². The molecule has 1 aromatic carbocycles. The number of urea groups is 1. The molecule has 2 aliphatic carbocycles. The van der Waals surface area contributed by atoms with E-state index < -0.39 is 5.54 Å². The van der Waals surface area contributed by atoms with Crippen LogP contribution in [-0.4, -0.2) is 41.0 Å². The number of benzene rings is 1. The first-order valence-electron chi connectivity index (χ1n) is 9.53. The number of nitrogens with zero attached hydrogens (tertiary/aromatic N) is 2. The van der Waals surface area contributed by atoms with Gasteiger partial charge in [0.25, 0.3) is 5.91 Å². The third kappa shape index (κ3) is 2.84. The van der Waals surface area contributed by atoms with E-state index in [4.69, 9.17) is 0 Å². The van der Waals surface area contributed by atoms with Gasteiger partial charge in [0.2, 0.25) is 0 Å². The van der Waals surface area contributed by atoms with Crippen molar-refractivity contribution in [3.8, 4) is 0 Å². The molecular weight excluding hydrogens is 314 g/mol. The van der Waals surface area contributed by atoms with Crippen molar-refractivity contribution in [1.82, 2.24) is 15.1 Å². The molecule has 1 aliphatic heterocycles. The Labute approximate surface area is 149 Å². The maximum Gasteiger partial charge on any atom is 0.326 e. The fourth-order valence-electron chi connectivity index (χ4n) is 4.79. The molecule has 25 heavy (non-hydrogen) atoms. The van der Waals surface area contributed by atoms with Crippen LogP contribution in [0, 0.1) is 0 Å². The van der Waals surface area contributed by atoms with Gasteiger partial charge in [-0.05, 0) is 43.9 Å². The second-order valence-electron chi connectivity index (χ2n) is 7.81. The third-order valence-corrected chi connectivity index (χ3v) is 6.20. The minimum atomic E-state index is -0.637. The summed E-state index contributed by atoms with van der Waals surface area (Å²) in [4.78, 5) is 29.2. The molecule has 4 rings (SSSR count). The van der Waals surface area contributed by atoms with Crippen LogP contribution in [-0.2, 0) is 11.2 Å². The van der Waals surface area contributed by atoms with Crippen LogP contribution in [0.25, 0.3) is 0 Å². The number of rotatable bonds is 3. The average molecular weight is 341 g/mol. The molecule has 0 radical (unpaired) electrons. The molecule has 3 amide bonds. The van der Waals surface area contributed by atoms with E-state index in [0.717, 1.165) is 51.4 Å². The van der Waals surface area contributed by atoms with Gasteiger partial charge in [-0.15, -0.1) is 0 Å². The van der Waals surface area contributed by atoms with Crippen molar-refractivity contribution in [3.05, 3.63) is 35.4 Å². The van der Waals surface area contributed by atoms with Gasteiger partial charge in [-0.2, -0.15) is 0 Å².